The van der Waals surface area contributed by atoms with Crippen LogP contribution in [0.2, 0.25) is 0 Å². The predicted octanol–water partition coefficient (Wildman–Crippen LogP) is 1.89. The molecule has 2 fully saturated rings. The maximum Gasteiger partial charge on any atom is 0.122 e. The third kappa shape index (κ3) is 3.19. The van der Waals surface area contributed by atoms with Gasteiger partial charge < -0.3 is 15.5 Å². The van der Waals surface area contributed by atoms with E-state index >= 15 is 0 Å². The van der Waals surface area contributed by atoms with E-state index < -0.39 is 0 Å². The van der Waals surface area contributed by atoms with Gasteiger partial charge in [0.15, 0.2) is 0 Å². The minimum atomic E-state index is 0.384. The molecule has 0 amide bonds. The van der Waals surface area contributed by atoms with Gasteiger partial charge in [-0.05, 0) is 57.3 Å². The van der Waals surface area contributed by atoms with Gasteiger partial charge in [0.25, 0.3) is 0 Å². The van der Waals surface area contributed by atoms with E-state index in [1.54, 1.807) is 6.26 Å². The van der Waals surface area contributed by atoms with E-state index in [0.29, 0.717) is 18.1 Å². The Kier molecular flexibility index (Phi) is 4.21. The summed E-state index contributed by atoms with van der Waals surface area (Å²) in [6.45, 7) is 3.36. The van der Waals surface area contributed by atoms with Gasteiger partial charge in [-0.2, -0.15) is 0 Å². The maximum atomic E-state index is 5.98. The van der Waals surface area contributed by atoms with Crippen molar-refractivity contribution in [3.05, 3.63) is 24.2 Å². The summed E-state index contributed by atoms with van der Waals surface area (Å²) < 4.78 is 5.64. The van der Waals surface area contributed by atoms with Crippen LogP contribution in [0, 0.1) is 0 Å². The van der Waals surface area contributed by atoms with Gasteiger partial charge in [-0.3, -0.25) is 4.90 Å². The van der Waals surface area contributed by atoms with E-state index in [2.05, 4.69) is 16.3 Å². The SMILES string of the molecule is NC1CCC(NCC(c2ccco2)N2CCCC2)C1. The molecule has 1 aromatic heterocycles. The van der Waals surface area contributed by atoms with Gasteiger partial charge in [-0.15, -0.1) is 0 Å². The van der Waals surface area contributed by atoms with Gasteiger partial charge in [0.1, 0.15) is 5.76 Å². The minimum Gasteiger partial charge on any atom is -0.468 e. The van der Waals surface area contributed by atoms with Crippen LogP contribution in [0.5, 0.6) is 0 Å². The van der Waals surface area contributed by atoms with Gasteiger partial charge in [-0.1, -0.05) is 0 Å². The van der Waals surface area contributed by atoms with Crippen molar-refractivity contribution in [1.29, 1.82) is 0 Å². The lowest BCUT2D eigenvalue weighted by molar-refractivity contribution is 0.204. The van der Waals surface area contributed by atoms with E-state index in [4.69, 9.17) is 10.2 Å². The molecule has 3 N–H and O–H groups in total. The molecule has 1 aromatic rings. The highest BCUT2D eigenvalue weighted by Crippen LogP contribution is 2.26. The summed E-state index contributed by atoms with van der Waals surface area (Å²) in [6.07, 6.45) is 7.89. The lowest BCUT2D eigenvalue weighted by atomic mass is 10.1. The molecular formula is C15H25N3O. The van der Waals surface area contributed by atoms with Crippen LogP contribution in [0.1, 0.15) is 43.9 Å². The average Bonchev–Trinajstić information content (AvgIpc) is 3.11. The van der Waals surface area contributed by atoms with Crippen LogP contribution in [0.3, 0.4) is 0 Å². The Morgan fingerprint density at radius 2 is 2.21 bits per heavy atom. The molecule has 1 saturated heterocycles. The van der Waals surface area contributed by atoms with Crippen LogP contribution in [0.15, 0.2) is 22.8 Å². The minimum absolute atomic E-state index is 0.384. The van der Waals surface area contributed by atoms with Crippen molar-refractivity contribution < 1.29 is 4.42 Å². The van der Waals surface area contributed by atoms with E-state index in [-0.39, 0.29) is 0 Å². The van der Waals surface area contributed by atoms with Crippen molar-refractivity contribution in [2.45, 2.75) is 50.2 Å². The molecule has 0 radical (unpaired) electrons. The number of likely N-dealkylation sites (tertiary alicyclic amines) is 1. The number of furan rings is 1. The topological polar surface area (TPSA) is 54.4 Å². The zero-order valence-corrected chi connectivity index (χ0v) is 11.6. The summed E-state index contributed by atoms with van der Waals surface area (Å²) in [6, 6.07) is 5.46. The van der Waals surface area contributed by atoms with Crippen LogP contribution >= 0.6 is 0 Å². The summed E-state index contributed by atoms with van der Waals surface area (Å²) in [5.74, 6) is 1.09. The Bertz CT molecular complexity index is 373. The summed E-state index contributed by atoms with van der Waals surface area (Å²) >= 11 is 0. The molecule has 4 heteroatoms. The fourth-order valence-electron chi connectivity index (χ4n) is 3.42. The third-order valence-electron chi connectivity index (χ3n) is 4.53. The normalized spacial score (nSPS) is 29.9. The Hall–Kier alpha value is -0.840. The first-order chi connectivity index (χ1) is 9.33. The zero-order chi connectivity index (χ0) is 13.1. The standard InChI is InChI=1S/C15H25N3O/c16-12-5-6-13(10-12)17-11-14(15-4-3-9-19-15)18-7-1-2-8-18/h3-4,9,12-14,17H,1-2,5-8,10-11,16H2. The molecule has 1 aliphatic carbocycles. The first kappa shape index (κ1) is 13.2. The zero-order valence-electron chi connectivity index (χ0n) is 11.6. The predicted molar refractivity (Wildman–Crippen MR) is 75.9 cm³/mol. The fraction of sp³-hybridized carbons (Fsp3) is 0.733. The van der Waals surface area contributed by atoms with Crippen molar-refractivity contribution in [1.82, 2.24) is 10.2 Å². The number of nitrogens with zero attached hydrogens (tertiary/aromatic N) is 1. The second kappa shape index (κ2) is 6.07. The van der Waals surface area contributed by atoms with Gasteiger partial charge in [-0.25, -0.2) is 0 Å². The molecule has 3 rings (SSSR count). The molecular weight excluding hydrogens is 238 g/mol. The summed E-state index contributed by atoms with van der Waals surface area (Å²) in [5, 5.41) is 3.70. The van der Waals surface area contributed by atoms with E-state index in [1.807, 2.05) is 6.07 Å². The molecule has 106 valence electrons. The van der Waals surface area contributed by atoms with Crippen LogP contribution in [0.4, 0.5) is 0 Å². The number of hydrogen-bond donors (Lipinski definition) is 2. The van der Waals surface area contributed by atoms with Gasteiger partial charge in [0.05, 0.1) is 12.3 Å². The molecule has 0 bridgehead atoms. The molecule has 0 spiro atoms. The lowest BCUT2D eigenvalue weighted by Gasteiger charge is -2.27. The molecule has 1 aliphatic heterocycles. The largest absolute Gasteiger partial charge is 0.468 e. The van der Waals surface area contributed by atoms with E-state index in [9.17, 15) is 0 Å². The molecule has 2 aliphatic rings. The molecule has 3 atom stereocenters. The maximum absolute atomic E-state index is 5.98. The fourth-order valence-corrected chi connectivity index (χ4v) is 3.42. The van der Waals surface area contributed by atoms with Crippen LogP contribution in [-0.4, -0.2) is 36.6 Å². The summed E-state index contributed by atoms with van der Waals surface area (Å²) in [7, 11) is 0. The highest BCUT2D eigenvalue weighted by atomic mass is 16.3. The van der Waals surface area contributed by atoms with E-state index in [1.165, 1.54) is 32.4 Å². The Labute approximate surface area is 115 Å². The molecule has 1 saturated carbocycles. The highest BCUT2D eigenvalue weighted by Gasteiger charge is 2.27. The highest BCUT2D eigenvalue weighted by molar-refractivity contribution is 5.06. The first-order valence-electron chi connectivity index (χ1n) is 7.59. The van der Waals surface area contributed by atoms with Crippen molar-refractivity contribution >= 4 is 0 Å². The Morgan fingerprint density at radius 1 is 1.37 bits per heavy atom. The second-order valence-electron chi connectivity index (χ2n) is 5.95. The van der Waals surface area contributed by atoms with Crippen molar-refractivity contribution in [3.63, 3.8) is 0 Å². The van der Waals surface area contributed by atoms with E-state index in [0.717, 1.165) is 25.1 Å². The Morgan fingerprint density at radius 3 is 2.84 bits per heavy atom. The van der Waals surface area contributed by atoms with Gasteiger partial charge in [0.2, 0.25) is 0 Å². The quantitative estimate of drug-likeness (QED) is 0.852. The van der Waals surface area contributed by atoms with Crippen LogP contribution in [0.25, 0.3) is 0 Å². The molecule has 4 nitrogen and oxygen atoms in total. The Balaban J connectivity index is 1.59. The second-order valence-corrected chi connectivity index (χ2v) is 5.95. The molecule has 19 heavy (non-hydrogen) atoms. The number of rotatable bonds is 5. The molecule has 3 unspecified atom stereocenters. The molecule has 2 heterocycles. The van der Waals surface area contributed by atoms with Gasteiger partial charge in [0, 0.05) is 18.6 Å². The smallest absolute Gasteiger partial charge is 0.122 e. The van der Waals surface area contributed by atoms with Crippen molar-refractivity contribution in [3.8, 4) is 0 Å². The third-order valence-corrected chi connectivity index (χ3v) is 4.53. The lowest BCUT2D eigenvalue weighted by Crippen LogP contribution is -2.38. The van der Waals surface area contributed by atoms with Crippen molar-refractivity contribution in [2.75, 3.05) is 19.6 Å². The average molecular weight is 263 g/mol. The number of hydrogen-bond acceptors (Lipinski definition) is 4. The summed E-state index contributed by atoms with van der Waals surface area (Å²) in [4.78, 5) is 2.54. The first-order valence-corrected chi connectivity index (χ1v) is 7.59. The monoisotopic (exact) mass is 263 g/mol. The van der Waals surface area contributed by atoms with Gasteiger partial charge >= 0.3 is 0 Å². The number of nitrogens with one attached hydrogen (secondary N) is 1. The molecule has 0 aromatic carbocycles. The number of nitrogens with two attached hydrogens (primary N) is 1. The van der Waals surface area contributed by atoms with Crippen LogP contribution < -0.4 is 11.1 Å². The summed E-state index contributed by atoms with van der Waals surface area (Å²) in [5.41, 5.74) is 5.98. The van der Waals surface area contributed by atoms with Crippen molar-refractivity contribution in [2.24, 2.45) is 5.73 Å². The van der Waals surface area contributed by atoms with Crippen LogP contribution in [-0.2, 0) is 0 Å².